The molecule has 1 rings (SSSR count). The summed E-state index contributed by atoms with van der Waals surface area (Å²) >= 11 is 4.79. The number of ether oxygens (including phenoxy) is 1. The van der Waals surface area contributed by atoms with Crippen LogP contribution in [0.3, 0.4) is 0 Å². The molecule has 1 atom stereocenters. The van der Waals surface area contributed by atoms with E-state index in [-0.39, 0.29) is 0 Å². The predicted octanol–water partition coefficient (Wildman–Crippen LogP) is 1.36. The molecule has 1 aliphatic rings. The minimum Gasteiger partial charge on any atom is -0.377 e. The van der Waals surface area contributed by atoms with E-state index in [1.807, 2.05) is 0 Å². The minimum atomic E-state index is 0.412. The molecule has 0 aliphatic carbocycles. The van der Waals surface area contributed by atoms with E-state index < -0.39 is 0 Å². The topological polar surface area (TPSA) is 9.23 Å². The van der Waals surface area contributed by atoms with Gasteiger partial charge in [-0.2, -0.15) is 0 Å². The first kappa shape index (κ1) is 5.45. The van der Waals surface area contributed by atoms with Crippen LogP contribution >= 0.6 is 12.6 Å². The van der Waals surface area contributed by atoms with Gasteiger partial charge in [0, 0.05) is 12.4 Å². The Morgan fingerprint density at radius 3 is 2.86 bits per heavy atom. The molecule has 0 amide bonds. The second-order valence-corrected chi connectivity index (χ2v) is 2.14. The maximum absolute atomic E-state index is 5.20. The monoisotopic (exact) mass is 117 g/mol. The molecule has 0 spiro atoms. The van der Waals surface area contributed by atoms with E-state index >= 15 is 0 Å². The van der Waals surface area contributed by atoms with Gasteiger partial charge in [0.25, 0.3) is 0 Å². The summed E-state index contributed by atoms with van der Waals surface area (Å²) in [6.07, 6.45) is 2.81. The molecule has 1 fully saturated rings. The molecular formula is C5H9OS. The Kier molecular flexibility index (Phi) is 2.00. The van der Waals surface area contributed by atoms with E-state index in [2.05, 4.69) is 0 Å². The zero-order chi connectivity index (χ0) is 5.11. The number of rotatable bonds is 1. The molecule has 1 heterocycles. The summed E-state index contributed by atoms with van der Waals surface area (Å²) in [7, 11) is 0. The Hall–Kier alpha value is 0.310. The highest BCUT2D eigenvalue weighted by molar-refractivity contribution is 7.80. The molecule has 0 bridgehead atoms. The maximum atomic E-state index is 5.20. The molecule has 1 unspecified atom stereocenters. The van der Waals surface area contributed by atoms with Crippen molar-refractivity contribution in [2.75, 3.05) is 12.4 Å². The highest BCUT2D eigenvalue weighted by atomic mass is 32.1. The van der Waals surface area contributed by atoms with Gasteiger partial charge in [-0.3, -0.25) is 0 Å². The number of hydrogen-bond acceptors (Lipinski definition) is 1. The van der Waals surface area contributed by atoms with Crippen LogP contribution in [0.1, 0.15) is 12.8 Å². The van der Waals surface area contributed by atoms with Crippen molar-refractivity contribution in [3.63, 3.8) is 0 Å². The Morgan fingerprint density at radius 2 is 2.57 bits per heavy atom. The maximum Gasteiger partial charge on any atom is 0.0674 e. The molecule has 0 aromatic heterocycles. The van der Waals surface area contributed by atoms with Gasteiger partial charge >= 0.3 is 0 Å². The molecule has 1 aliphatic heterocycles. The summed E-state index contributed by atoms with van der Waals surface area (Å²) in [5.74, 6) is 0.778. The molecule has 0 saturated carbocycles. The van der Waals surface area contributed by atoms with E-state index in [0.717, 1.165) is 12.4 Å². The van der Waals surface area contributed by atoms with Gasteiger partial charge in [0.2, 0.25) is 0 Å². The van der Waals surface area contributed by atoms with Crippen LogP contribution in [0.4, 0.5) is 0 Å². The molecule has 0 aromatic carbocycles. The third kappa shape index (κ3) is 1.35. The largest absolute Gasteiger partial charge is 0.377 e. The SMILES string of the molecule is [S]CC1CCCO1. The molecule has 7 heavy (non-hydrogen) atoms. The summed E-state index contributed by atoms with van der Waals surface area (Å²) in [5.41, 5.74) is 0. The van der Waals surface area contributed by atoms with E-state index in [1.54, 1.807) is 0 Å². The summed E-state index contributed by atoms with van der Waals surface area (Å²) in [6.45, 7) is 0.932. The van der Waals surface area contributed by atoms with E-state index in [4.69, 9.17) is 17.4 Å². The molecule has 1 nitrogen and oxygen atoms in total. The summed E-state index contributed by atoms with van der Waals surface area (Å²) in [5, 5.41) is 0. The minimum absolute atomic E-state index is 0.412. The Labute approximate surface area is 49.5 Å². The second kappa shape index (κ2) is 2.58. The molecular weight excluding hydrogens is 108 g/mol. The lowest BCUT2D eigenvalue weighted by molar-refractivity contribution is 0.129. The standard InChI is InChI=1S/C5H9OS/c7-4-5-2-1-3-6-5/h5H,1-4H2. The molecule has 41 valence electrons. The molecule has 2 heteroatoms. The van der Waals surface area contributed by atoms with E-state index in [0.29, 0.717) is 6.10 Å². The van der Waals surface area contributed by atoms with Crippen molar-refractivity contribution in [3.05, 3.63) is 0 Å². The van der Waals surface area contributed by atoms with Gasteiger partial charge in [-0.1, -0.05) is 12.6 Å². The summed E-state index contributed by atoms with van der Waals surface area (Å²) in [6, 6.07) is 0. The molecule has 0 aromatic rings. The van der Waals surface area contributed by atoms with Crippen molar-refractivity contribution in [2.24, 2.45) is 0 Å². The molecule has 1 saturated heterocycles. The van der Waals surface area contributed by atoms with E-state index in [1.165, 1.54) is 12.8 Å². The van der Waals surface area contributed by atoms with Crippen molar-refractivity contribution in [2.45, 2.75) is 18.9 Å². The van der Waals surface area contributed by atoms with Crippen molar-refractivity contribution >= 4 is 12.6 Å². The van der Waals surface area contributed by atoms with Crippen LogP contribution < -0.4 is 0 Å². The van der Waals surface area contributed by atoms with Gasteiger partial charge in [0.05, 0.1) is 6.10 Å². The van der Waals surface area contributed by atoms with Crippen LogP contribution in [0.25, 0.3) is 0 Å². The lowest BCUT2D eigenvalue weighted by Gasteiger charge is -2.00. The van der Waals surface area contributed by atoms with Crippen LogP contribution in [0.15, 0.2) is 0 Å². The normalized spacial score (nSPS) is 31.3. The highest BCUT2D eigenvalue weighted by Gasteiger charge is 2.12. The summed E-state index contributed by atoms with van der Waals surface area (Å²) < 4.78 is 5.20. The lowest BCUT2D eigenvalue weighted by Crippen LogP contribution is -2.04. The van der Waals surface area contributed by atoms with Gasteiger partial charge in [0.15, 0.2) is 0 Å². The third-order valence-corrected chi connectivity index (χ3v) is 1.58. The fraction of sp³-hybridized carbons (Fsp3) is 1.00. The van der Waals surface area contributed by atoms with Crippen LogP contribution in [0, 0.1) is 0 Å². The fourth-order valence-corrected chi connectivity index (χ4v) is 1.04. The average molecular weight is 117 g/mol. The lowest BCUT2D eigenvalue weighted by atomic mass is 10.3. The zero-order valence-electron chi connectivity index (χ0n) is 4.22. The quantitative estimate of drug-likeness (QED) is 0.504. The second-order valence-electron chi connectivity index (χ2n) is 1.80. The van der Waals surface area contributed by atoms with Crippen molar-refractivity contribution in [3.8, 4) is 0 Å². The van der Waals surface area contributed by atoms with Gasteiger partial charge in [0.1, 0.15) is 0 Å². The van der Waals surface area contributed by atoms with Crippen LogP contribution in [-0.4, -0.2) is 18.5 Å². The van der Waals surface area contributed by atoms with Crippen molar-refractivity contribution < 1.29 is 4.74 Å². The number of hydrogen-bond donors (Lipinski definition) is 0. The van der Waals surface area contributed by atoms with Gasteiger partial charge in [-0.25, -0.2) is 0 Å². The third-order valence-electron chi connectivity index (χ3n) is 1.21. The van der Waals surface area contributed by atoms with Gasteiger partial charge in [-0.15, -0.1) is 0 Å². The average Bonchev–Trinajstić information content (AvgIpc) is 2.14. The van der Waals surface area contributed by atoms with Crippen LogP contribution in [-0.2, 0) is 4.74 Å². The zero-order valence-corrected chi connectivity index (χ0v) is 5.04. The Balaban J connectivity index is 2.14. The smallest absolute Gasteiger partial charge is 0.0674 e. The van der Waals surface area contributed by atoms with Gasteiger partial charge < -0.3 is 4.74 Å². The Bertz CT molecular complexity index is 50.0. The van der Waals surface area contributed by atoms with Crippen LogP contribution in [0.2, 0.25) is 0 Å². The first-order chi connectivity index (χ1) is 3.43. The Morgan fingerprint density at radius 1 is 1.71 bits per heavy atom. The van der Waals surface area contributed by atoms with Crippen molar-refractivity contribution in [1.82, 2.24) is 0 Å². The molecule has 0 N–H and O–H groups in total. The first-order valence-corrected chi connectivity index (χ1v) is 3.21. The fourth-order valence-electron chi connectivity index (χ4n) is 0.776. The first-order valence-electron chi connectivity index (χ1n) is 2.63. The predicted molar refractivity (Wildman–Crippen MR) is 31.4 cm³/mol. The highest BCUT2D eigenvalue weighted by Crippen LogP contribution is 2.11. The van der Waals surface area contributed by atoms with Crippen molar-refractivity contribution in [1.29, 1.82) is 0 Å². The molecule has 1 radical (unpaired) electrons. The van der Waals surface area contributed by atoms with Gasteiger partial charge in [-0.05, 0) is 12.8 Å². The van der Waals surface area contributed by atoms with Crippen LogP contribution in [0.5, 0.6) is 0 Å². The van der Waals surface area contributed by atoms with E-state index in [9.17, 15) is 0 Å². The summed E-state index contributed by atoms with van der Waals surface area (Å²) in [4.78, 5) is 0.